The van der Waals surface area contributed by atoms with Gasteiger partial charge < -0.3 is 9.73 Å². The van der Waals surface area contributed by atoms with Crippen molar-refractivity contribution in [2.24, 2.45) is 0 Å². The summed E-state index contributed by atoms with van der Waals surface area (Å²) in [6, 6.07) is 1.81. The Morgan fingerprint density at radius 1 is 1.50 bits per heavy atom. The van der Waals surface area contributed by atoms with Gasteiger partial charge in [0, 0.05) is 6.42 Å². The summed E-state index contributed by atoms with van der Waals surface area (Å²) in [6.07, 6.45) is 3.55. The van der Waals surface area contributed by atoms with E-state index in [0.29, 0.717) is 5.22 Å². The molecular weight excluding hydrogens is 246 g/mol. The highest BCUT2D eigenvalue weighted by Gasteiger charge is 2.11. The molecule has 0 aliphatic carbocycles. The second-order valence-electron chi connectivity index (χ2n) is 3.32. The summed E-state index contributed by atoms with van der Waals surface area (Å²) in [5.74, 6) is 0. The SMILES string of the molecule is CNCCCc1nnc(-c2ccoc2Cl)s1. The molecule has 0 aromatic carbocycles. The average molecular weight is 258 g/mol. The molecule has 0 saturated heterocycles. The lowest BCUT2D eigenvalue weighted by atomic mass is 10.3. The van der Waals surface area contributed by atoms with Gasteiger partial charge in [-0.25, -0.2) is 0 Å². The predicted octanol–water partition coefficient (Wildman–Crippen LogP) is 2.60. The van der Waals surface area contributed by atoms with Crippen LogP contribution < -0.4 is 5.32 Å². The van der Waals surface area contributed by atoms with E-state index in [1.165, 1.54) is 0 Å². The zero-order valence-electron chi connectivity index (χ0n) is 8.86. The zero-order valence-corrected chi connectivity index (χ0v) is 10.4. The minimum atomic E-state index is 0.373. The number of hydrogen-bond donors (Lipinski definition) is 1. The molecule has 2 aromatic rings. The molecule has 0 amide bonds. The third-order valence-electron chi connectivity index (χ3n) is 2.13. The van der Waals surface area contributed by atoms with Crippen molar-refractivity contribution in [2.75, 3.05) is 13.6 Å². The molecule has 16 heavy (non-hydrogen) atoms. The molecular formula is C10H12ClN3OS. The smallest absolute Gasteiger partial charge is 0.203 e. The van der Waals surface area contributed by atoms with Gasteiger partial charge in [0.1, 0.15) is 5.01 Å². The van der Waals surface area contributed by atoms with E-state index in [9.17, 15) is 0 Å². The van der Waals surface area contributed by atoms with Crippen LogP contribution in [0.15, 0.2) is 16.7 Å². The average Bonchev–Trinajstić information content (AvgIpc) is 2.87. The fourth-order valence-electron chi connectivity index (χ4n) is 1.33. The molecule has 0 radical (unpaired) electrons. The van der Waals surface area contributed by atoms with Crippen LogP contribution in [0.1, 0.15) is 11.4 Å². The van der Waals surface area contributed by atoms with Crippen LogP contribution in [-0.2, 0) is 6.42 Å². The monoisotopic (exact) mass is 257 g/mol. The van der Waals surface area contributed by atoms with E-state index in [1.54, 1.807) is 23.7 Å². The summed E-state index contributed by atoms with van der Waals surface area (Å²) in [7, 11) is 1.94. The minimum Gasteiger partial charge on any atom is -0.452 e. The lowest BCUT2D eigenvalue weighted by molar-refractivity contribution is 0.570. The molecule has 0 aliphatic rings. The first-order valence-electron chi connectivity index (χ1n) is 5.01. The minimum absolute atomic E-state index is 0.373. The number of hydrogen-bond acceptors (Lipinski definition) is 5. The van der Waals surface area contributed by atoms with Gasteiger partial charge in [-0.15, -0.1) is 10.2 Å². The Hall–Kier alpha value is -0.910. The van der Waals surface area contributed by atoms with Crippen LogP contribution in [0.25, 0.3) is 10.6 Å². The fourth-order valence-corrected chi connectivity index (χ4v) is 2.49. The van der Waals surface area contributed by atoms with Crippen molar-refractivity contribution in [1.29, 1.82) is 0 Å². The van der Waals surface area contributed by atoms with Gasteiger partial charge in [-0.05, 0) is 37.7 Å². The van der Waals surface area contributed by atoms with Crippen molar-refractivity contribution < 1.29 is 4.42 Å². The van der Waals surface area contributed by atoms with E-state index in [0.717, 1.165) is 35.0 Å². The van der Waals surface area contributed by atoms with Crippen molar-refractivity contribution in [3.8, 4) is 10.6 Å². The normalized spacial score (nSPS) is 10.9. The van der Waals surface area contributed by atoms with E-state index in [4.69, 9.17) is 16.0 Å². The molecule has 2 aromatic heterocycles. The van der Waals surface area contributed by atoms with Crippen molar-refractivity contribution in [3.63, 3.8) is 0 Å². The van der Waals surface area contributed by atoms with Crippen LogP contribution in [0.5, 0.6) is 0 Å². The van der Waals surface area contributed by atoms with Gasteiger partial charge in [-0.3, -0.25) is 0 Å². The first-order chi connectivity index (χ1) is 7.81. The van der Waals surface area contributed by atoms with E-state index in [1.807, 2.05) is 7.05 Å². The molecule has 6 heteroatoms. The maximum Gasteiger partial charge on any atom is 0.203 e. The molecule has 0 saturated carbocycles. The zero-order chi connectivity index (χ0) is 11.4. The third-order valence-corrected chi connectivity index (χ3v) is 3.44. The molecule has 0 aliphatic heterocycles. The van der Waals surface area contributed by atoms with E-state index in [-0.39, 0.29) is 0 Å². The van der Waals surface area contributed by atoms with Gasteiger partial charge >= 0.3 is 0 Å². The Morgan fingerprint density at radius 2 is 2.38 bits per heavy atom. The van der Waals surface area contributed by atoms with Crippen molar-refractivity contribution in [3.05, 3.63) is 22.6 Å². The molecule has 0 spiro atoms. The first kappa shape index (κ1) is 11.6. The van der Waals surface area contributed by atoms with Gasteiger partial charge in [0.25, 0.3) is 0 Å². The topological polar surface area (TPSA) is 51.0 Å². The van der Waals surface area contributed by atoms with Crippen LogP contribution in [0.3, 0.4) is 0 Å². The van der Waals surface area contributed by atoms with Crippen LogP contribution >= 0.6 is 22.9 Å². The molecule has 2 rings (SSSR count). The molecule has 86 valence electrons. The lowest BCUT2D eigenvalue weighted by Crippen LogP contribution is -2.08. The molecule has 0 unspecified atom stereocenters. The highest BCUT2D eigenvalue weighted by molar-refractivity contribution is 7.14. The third kappa shape index (κ3) is 2.61. The molecule has 0 bridgehead atoms. The Labute approximate surface area is 103 Å². The van der Waals surface area contributed by atoms with Crippen LogP contribution in [0, 0.1) is 0 Å². The molecule has 4 nitrogen and oxygen atoms in total. The second kappa shape index (κ2) is 5.43. The highest BCUT2D eigenvalue weighted by atomic mass is 35.5. The second-order valence-corrected chi connectivity index (χ2v) is 4.72. The maximum absolute atomic E-state index is 5.87. The van der Waals surface area contributed by atoms with Crippen LogP contribution in [0.2, 0.25) is 5.22 Å². The molecule has 0 atom stereocenters. The van der Waals surface area contributed by atoms with Gasteiger partial charge in [-0.2, -0.15) is 0 Å². The van der Waals surface area contributed by atoms with E-state index < -0.39 is 0 Å². The summed E-state index contributed by atoms with van der Waals surface area (Å²) < 4.78 is 5.02. The Balaban J connectivity index is 2.05. The van der Waals surface area contributed by atoms with Gasteiger partial charge in [-0.1, -0.05) is 11.3 Å². The number of furan rings is 1. The summed E-state index contributed by atoms with van der Waals surface area (Å²) >= 11 is 7.43. The van der Waals surface area contributed by atoms with E-state index in [2.05, 4.69) is 15.5 Å². The van der Waals surface area contributed by atoms with Gasteiger partial charge in [0.2, 0.25) is 5.22 Å². The molecule has 0 fully saturated rings. The van der Waals surface area contributed by atoms with Gasteiger partial charge in [0.05, 0.1) is 11.8 Å². The number of rotatable bonds is 5. The quantitative estimate of drug-likeness (QED) is 0.837. The standard InChI is InChI=1S/C10H12ClN3OS/c1-12-5-2-3-8-13-14-10(16-8)7-4-6-15-9(7)11/h4,6,12H,2-3,5H2,1H3. The Bertz CT molecular complexity index is 454. The van der Waals surface area contributed by atoms with E-state index >= 15 is 0 Å². The predicted molar refractivity (Wildman–Crippen MR) is 64.9 cm³/mol. The first-order valence-corrected chi connectivity index (χ1v) is 6.21. The lowest BCUT2D eigenvalue weighted by Gasteiger charge is -1.94. The largest absolute Gasteiger partial charge is 0.452 e. The maximum atomic E-state index is 5.87. The fraction of sp³-hybridized carbons (Fsp3) is 0.400. The molecule has 2 heterocycles. The van der Waals surface area contributed by atoms with Crippen molar-refractivity contribution in [1.82, 2.24) is 15.5 Å². The summed E-state index contributed by atoms with van der Waals surface area (Å²) in [6.45, 7) is 0.987. The van der Waals surface area contributed by atoms with Crippen LogP contribution in [-0.4, -0.2) is 23.8 Å². The summed E-state index contributed by atoms with van der Waals surface area (Å²) in [5.41, 5.74) is 0.819. The molecule has 1 N–H and O–H groups in total. The summed E-state index contributed by atoms with van der Waals surface area (Å²) in [4.78, 5) is 0. The number of halogens is 1. The number of nitrogens with zero attached hydrogens (tertiary/aromatic N) is 2. The Kier molecular flexibility index (Phi) is 3.93. The van der Waals surface area contributed by atoms with Crippen LogP contribution in [0.4, 0.5) is 0 Å². The summed E-state index contributed by atoms with van der Waals surface area (Å²) in [5, 5.41) is 13.6. The number of aryl methyl sites for hydroxylation is 1. The number of aromatic nitrogens is 2. The number of nitrogens with one attached hydrogen (secondary N) is 1. The van der Waals surface area contributed by atoms with Crippen molar-refractivity contribution in [2.45, 2.75) is 12.8 Å². The Morgan fingerprint density at radius 3 is 3.06 bits per heavy atom. The van der Waals surface area contributed by atoms with Crippen molar-refractivity contribution >= 4 is 22.9 Å². The van der Waals surface area contributed by atoms with Gasteiger partial charge in [0.15, 0.2) is 5.01 Å². The highest BCUT2D eigenvalue weighted by Crippen LogP contribution is 2.31.